The number of benzene rings is 1. The molecule has 3 heterocycles. The highest BCUT2D eigenvalue weighted by Gasteiger charge is 2.47. The number of thioether (sulfide) groups is 1. The molecule has 2 aromatic rings. The fourth-order valence-electron chi connectivity index (χ4n) is 3.33. The van der Waals surface area contributed by atoms with Crippen molar-refractivity contribution in [2.75, 3.05) is 25.2 Å². The number of nitrogens with zero attached hydrogens (tertiary/aromatic N) is 2. The van der Waals surface area contributed by atoms with E-state index in [1.807, 2.05) is 24.3 Å². The van der Waals surface area contributed by atoms with Crippen LogP contribution in [0.5, 0.6) is 5.75 Å². The van der Waals surface area contributed by atoms with Crippen molar-refractivity contribution >= 4 is 49.5 Å². The lowest BCUT2D eigenvalue weighted by Crippen LogP contribution is -2.38. The first kappa shape index (κ1) is 18.2. The van der Waals surface area contributed by atoms with Crippen LogP contribution < -0.4 is 4.74 Å². The van der Waals surface area contributed by atoms with E-state index in [1.54, 1.807) is 18.4 Å². The van der Waals surface area contributed by atoms with Crippen LogP contribution in [0.1, 0.15) is 5.01 Å². The normalized spacial score (nSPS) is 24.0. The van der Waals surface area contributed by atoms with Crippen LogP contribution >= 0.6 is 35.3 Å². The molecule has 0 bridgehead atoms. The fraction of sp³-hybridized carbons (Fsp3) is 0.412. The van der Waals surface area contributed by atoms with E-state index in [1.165, 1.54) is 11.8 Å². The van der Waals surface area contributed by atoms with Crippen molar-refractivity contribution in [3.05, 3.63) is 34.7 Å². The molecule has 1 aromatic heterocycles. The van der Waals surface area contributed by atoms with Gasteiger partial charge in [0.2, 0.25) is 0 Å². The van der Waals surface area contributed by atoms with Crippen LogP contribution in [0.15, 0.2) is 29.6 Å². The third-order valence-corrected chi connectivity index (χ3v) is 9.24. The van der Waals surface area contributed by atoms with Crippen LogP contribution in [0, 0.1) is 0 Å². The average Bonchev–Trinajstić information content (AvgIpc) is 3.26. The lowest BCUT2D eigenvalue weighted by atomic mass is 10.2. The van der Waals surface area contributed by atoms with Crippen molar-refractivity contribution in [1.29, 1.82) is 0 Å². The van der Waals surface area contributed by atoms with Crippen molar-refractivity contribution in [1.82, 2.24) is 9.88 Å². The van der Waals surface area contributed by atoms with Crippen LogP contribution in [0.2, 0.25) is 0 Å². The zero-order chi connectivity index (χ0) is 18.3. The highest BCUT2D eigenvalue weighted by Crippen LogP contribution is 2.38. The number of ether oxygens (including phenoxy) is 1. The Labute approximate surface area is 166 Å². The summed E-state index contributed by atoms with van der Waals surface area (Å²) in [5.74, 6) is 1.29. The van der Waals surface area contributed by atoms with E-state index in [4.69, 9.17) is 21.9 Å². The molecular formula is C17H18N2O3S4. The number of hydrogen-bond donors (Lipinski definition) is 0. The third-order valence-electron chi connectivity index (χ3n) is 4.66. The second-order valence-electron chi connectivity index (χ2n) is 6.36. The highest BCUT2D eigenvalue weighted by molar-refractivity contribution is 8.24. The van der Waals surface area contributed by atoms with Gasteiger partial charge in [0.15, 0.2) is 9.84 Å². The first-order valence-electron chi connectivity index (χ1n) is 8.22. The quantitative estimate of drug-likeness (QED) is 0.682. The molecular weight excluding hydrogens is 408 g/mol. The standard InChI is InChI=1S/C17H18N2O3S4/c1-22-12-4-2-11(3-5-12)13-8-24-16(18-13)6-7-19-14-9-26(20,21)10-15(14)25-17(19)23/h2-5,8,14-15H,6-7,9-10H2,1H3/t14-,15+/m0/s1. The smallest absolute Gasteiger partial charge is 0.153 e. The molecule has 0 N–H and O–H groups in total. The van der Waals surface area contributed by atoms with Gasteiger partial charge in [-0.1, -0.05) is 24.0 Å². The van der Waals surface area contributed by atoms with Gasteiger partial charge in [-0.2, -0.15) is 0 Å². The third kappa shape index (κ3) is 3.62. The van der Waals surface area contributed by atoms with E-state index >= 15 is 0 Å². The van der Waals surface area contributed by atoms with E-state index in [0.29, 0.717) is 0 Å². The summed E-state index contributed by atoms with van der Waals surface area (Å²) in [5, 5.41) is 3.18. The monoisotopic (exact) mass is 426 g/mol. The molecule has 0 spiro atoms. The Hall–Kier alpha value is -1.16. The summed E-state index contributed by atoms with van der Waals surface area (Å²) >= 11 is 8.62. The number of aromatic nitrogens is 1. The molecule has 0 unspecified atom stereocenters. The molecule has 1 aromatic carbocycles. The molecule has 2 aliphatic heterocycles. The van der Waals surface area contributed by atoms with Crippen LogP contribution in [0.3, 0.4) is 0 Å². The van der Waals surface area contributed by atoms with Gasteiger partial charge in [-0.05, 0) is 24.3 Å². The first-order valence-corrected chi connectivity index (χ1v) is 12.2. The number of hydrogen-bond acceptors (Lipinski definition) is 7. The SMILES string of the molecule is COc1ccc(-c2csc(CCN3C(=S)S[C@@H]4CS(=O)(=O)C[C@@H]43)n2)cc1. The molecule has 9 heteroatoms. The van der Waals surface area contributed by atoms with Crippen molar-refractivity contribution in [2.24, 2.45) is 0 Å². The molecule has 26 heavy (non-hydrogen) atoms. The minimum absolute atomic E-state index is 0.0264. The van der Waals surface area contributed by atoms with Gasteiger partial charge in [0.05, 0.1) is 35.4 Å². The van der Waals surface area contributed by atoms with Crippen LogP contribution in [0.4, 0.5) is 0 Å². The Morgan fingerprint density at radius 1 is 1.31 bits per heavy atom. The minimum Gasteiger partial charge on any atom is -0.497 e. The molecule has 0 radical (unpaired) electrons. The summed E-state index contributed by atoms with van der Waals surface area (Å²) in [7, 11) is -1.28. The predicted molar refractivity (Wildman–Crippen MR) is 111 cm³/mol. The van der Waals surface area contributed by atoms with Gasteiger partial charge in [-0.25, -0.2) is 13.4 Å². The topological polar surface area (TPSA) is 59.5 Å². The van der Waals surface area contributed by atoms with Gasteiger partial charge in [0, 0.05) is 29.2 Å². The number of sulfone groups is 1. The van der Waals surface area contributed by atoms with E-state index in [0.717, 1.165) is 39.3 Å². The van der Waals surface area contributed by atoms with E-state index in [9.17, 15) is 8.42 Å². The molecule has 0 amide bonds. The van der Waals surface area contributed by atoms with Crippen LogP contribution in [-0.2, 0) is 16.3 Å². The first-order chi connectivity index (χ1) is 12.4. The molecule has 2 fully saturated rings. The maximum absolute atomic E-state index is 11.9. The second-order valence-corrected chi connectivity index (χ2v) is 11.3. The molecule has 2 saturated heterocycles. The summed E-state index contributed by atoms with van der Waals surface area (Å²) < 4.78 is 29.8. The molecule has 4 rings (SSSR count). The van der Waals surface area contributed by atoms with Crippen LogP contribution in [-0.4, -0.2) is 59.1 Å². The highest BCUT2D eigenvalue weighted by atomic mass is 32.2. The summed E-state index contributed by atoms with van der Waals surface area (Å²) in [6, 6.07) is 7.87. The van der Waals surface area contributed by atoms with Gasteiger partial charge >= 0.3 is 0 Å². The van der Waals surface area contributed by atoms with E-state index in [-0.39, 0.29) is 22.8 Å². The minimum atomic E-state index is -2.93. The molecule has 0 saturated carbocycles. The molecule has 2 atom stereocenters. The molecule has 2 aliphatic rings. The maximum atomic E-state index is 11.9. The van der Waals surface area contributed by atoms with Crippen molar-refractivity contribution in [2.45, 2.75) is 17.7 Å². The van der Waals surface area contributed by atoms with Gasteiger partial charge < -0.3 is 9.64 Å². The van der Waals surface area contributed by atoms with Gasteiger partial charge in [-0.3, -0.25) is 0 Å². The molecule has 138 valence electrons. The molecule has 5 nitrogen and oxygen atoms in total. The zero-order valence-electron chi connectivity index (χ0n) is 14.1. The van der Waals surface area contributed by atoms with Gasteiger partial charge in [0.25, 0.3) is 0 Å². The van der Waals surface area contributed by atoms with Gasteiger partial charge in [0.1, 0.15) is 10.1 Å². The molecule has 0 aliphatic carbocycles. The Bertz CT molecular complexity index is 924. The van der Waals surface area contributed by atoms with Crippen LogP contribution in [0.25, 0.3) is 11.3 Å². The lowest BCUT2D eigenvalue weighted by molar-refractivity contribution is 0.365. The average molecular weight is 427 g/mol. The van der Waals surface area contributed by atoms with Crippen molar-refractivity contribution < 1.29 is 13.2 Å². The van der Waals surface area contributed by atoms with Crippen molar-refractivity contribution in [3.8, 4) is 17.0 Å². The zero-order valence-corrected chi connectivity index (χ0v) is 17.4. The lowest BCUT2D eigenvalue weighted by Gasteiger charge is -2.23. The largest absolute Gasteiger partial charge is 0.497 e. The summed E-state index contributed by atoms with van der Waals surface area (Å²) in [6.07, 6.45) is 0.769. The Morgan fingerprint density at radius 3 is 2.81 bits per heavy atom. The summed E-state index contributed by atoms with van der Waals surface area (Å²) in [4.78, 5) is 6.81. The Balaban J connectivity index is 1.42. The predicted octanol–water partition coefficient (Wildman–Crippen LogP) is 2.86. The number of thiocarbonyl (C=S) groups is 1. The fourth-order valence-corrected chi connectivity index (χ4v) is 8.55. The number of fused-ring (bicyclic) bond motifs is 1. The van der Waals surface area contributed by atoms with Crippen molar-refractivity contribution in [3.63, 3.8) is 0 Å². The number of thiazole rings is 1. The number of rotatable bonds is 5. The second kappa shape index (κ2) is 7.10. The number of methoxy groups -OCH3 is 1. The summed E-state index contributed by atoms with van der Waals surface area (Å²) in [6.45, 7) is 0.720. The maximum Gasteiger partial charge on any atom is 0.153 e. The Kier molecular flexibility index (Phi) is 4.98. The van der Waals surface area contributed by atoms with E-state index in [2.05, 4.69) is 10.3 Å². The van der Waals surface area contributed by atoms with Gasteiger partial charge in [-0.15, -0.1) is 11.3 Å². The Morgan fingerprint density at radius 2 is 2.08 bits per heavy atom. The van der Waals surface area contributed by atoms with E-state index < -0.39 is 9.84 Å². The summed E-state index contributed by atoms with van der Waals surface area (Å²) in [5.41, 5.74) is 2.01.